The summed E-state index contributed by atoms with van der Waals surface area (Å²) in [6.07, 6.45) is 9.65. The fourth-order valence-corrected chi connectivity index (χ4v) is 5.77. The fraction of sp³-hybridized carbons (Fsp3) is 0.114. The van der Waals surface area contributed by atoms with Gasteiger partial charge in [0.1, 0.15) is 18.2 Å². The molecule has 38 heavy (non-hydrogen) atoms. The molecule has 0 radical (unpaired) electrons. The first-order chi connectivity index (χ1) is 18.8. The van der Waals surface area contributed by atoms with E-state index in [1.165, 1.54) is 32.7 Å². The van der Waals surface area contributed by atoms with Crippen molar-refractivity contribution in [3.63, 3.8) is 0 Å². The van der Waals surface area contributed by atoms with Crippen molar-refractivity contribution in [2.75, 3.05) is 0 Å². The maximum Gasteiger partial charge on any atom is 0.131 e. The minimum Gasteiger partial charge on any atom is -0.350 e. The lowest BCUT2D eigenvalue weighted by Crippen LogP contribution is -2.45. The third kappa shape index (κ3) is 4.21. The lowest BCUT2D eigenvalue weighted by Gasteiger charge is -2.33. The molecule has 1 aliphatic heterocycles. The van der Waals surface area contributed by atoms with Crippen molar-refractivity contribution in [3.05, 3.63) is 156 Å². The molecule has 1 heterocycles. The van der Waals surface area contributed by atoms with E-state index in [2.05, 4.69) is 144 Å². The summed E-state index contributed by atoms with van der Waals surface area (Å²) in [4.78, 5) is 5.17. The number of allylic oxidation sites excluding steroid dienone is 4. The summed E-state index contributed by atoms with van der Waals surface area (Å²) in [6.45, 7) is 0. The van der Waals surface area contributed by atoms with Crippen LogP contribution in [0.4, 0.5) is 0 Å². The SMILES string of the molecule is C1=CCC(c2cccc3cccc(C4NC(c5ccc6ccccc6c5)=NC(c5ccccc5)N4)c23)C=C1. The van der Waals surface area contributed by atoms with E-state index < -0.39 is 0 Å². The molecule has 2 aliphatic rings. The van der Waals surface area contributed by atoms with Gasteiger partial charge in [-0.3, -0.25) is 5.32 Å². The van der Waals surface area contributed by atoms with Crippen molar-refractivity contribution in [1.29, 1.82) is 0 Å². The highest BCUT2D eigenvalue weighted by Crippen LogP contribution is 2.36. The number of hydrogen-bond acceptors (Lipinski definition) is 3. The van der Waals surface area contributed by atoms with Gasteiger partial charge in [-0.2, -0.15) is 0 Å². The van der Waals surface area contributed by atoms with E-state index in [-0.39, 0.29) is 12.3 Å². The van der Waals surface area contributed by atoms with Gasteiger partial charge in [0.2, 0.25) is 0 Å². The van der Waals surface area contributed by atoms with Crippen LogP contribution in [0.3, 0.4) is 0 Å². The second-order valence-corrected chi connectivity index (χ2v) is 10.0. The van der Waals surface area contributed by atoms with Crippen LogP contribution in [-0.2, 0) is 0 Å². The number of nitrogens with zero attached hydrogens (tertiary/aromatic N) is 1. The molecule has 3 unspecified atom stereocenters. The second-order valence-electron chi connectivity index (χ2n) is 10.0. The first kappa shape index (κ1) is 22.7. The van der Waals surface area contributed by atoms with E-state index in [1.807, 2.05) is 0 Å². The van der Waals surface area contributed by atoms with Gasteiger partial charge in [-0.25, -0.2) is 4.99 Å². The van der Waals surface area contributed by atoms with Crippen LogP contribution in [0.1, 0.15) is 46.9 Å². The van der Waals surface area contributed by atoms with Crippen molar-refractivity contribution in [3.8, 4) is 0 Å². The lowest BCUT2D eigenvalue weighted by molar-refractivity contribution is 0.411. The largest absolute Gasteiger partial charge is 0.350 e. The molecule has 2 N–H and O–H groups in total. The Morgan fingerprint density at radius 3 is 2.24 bits per heavy atom. The number of rotatable bonds is 4. The molecule has 0 saturated heterocycles. The molecule has 3 heteroatoms. The van der Waals surface area contributed by atoms with Gasteiger partial charge < -0.3 is 5.32 Å². The number of fused-ring (bicyclic) bond motifs is 2. The summed E-state index contributed by atoms with van der Waals surface area (Å²) in [6, 6.07) is 38.9. The number of hydrogen-bond donors (Lipinski definition) is 2. The standard InChI is InChI=1S/C35H29N3/c1-3-12-25(13-4-1)30-19-9-17-26-18-10-20-31(32(26)30)35-37-33(27-14-5-2-6-15-27)36-34(38-35)29-22-21-24-11-7-8-16-28(24)23-29/h1-12,14-23,25,33,35,37H,13H2,(H,36,38). The third-order valence-corrected chi connectivity index (χ3v) is 7.66. The van der Waals surface area contributed by atoms with Gasteiger partial charge in [0, 0.05) is 11.5 Å². The zero-order valence-corrected chi connectivity index (χ0v) is 21.1. The number of aliphatic imine (C=N–C) groups is 1. The molecule has 184 valence electrons. The minimum atomic E-state index is -0.163. The highest BCUT2D eigenvalue weighted by Gasteiger charge is 2.27. The molecule has 0 aromatic heterocycles. The lowest BCUT2D eigenvalue weighted by atomic mass is 9.86. The van der Waals surface area contributed by atoms with Crippen LogP contribution in [0.25, 0.3) is 21.5 Å². The van der Waals surface area contributed by atoms with Gasteiger partial charge in [0.05, 0.1) is 0 Å². The monoisotopic (exact) mass is 491 g/mol. The third-order valence-electron chi connectivity index (χ3n) is 7.66. The minimum absolute atomic E-state index is 0.105. The Labute approximate surface area is 223 Å². The molecule has 5 aromatic rings. The quantitative estimate of drug-likeness (QED) is 0.268. The predicted molar refractivity (Wildman–Crippen MR) is 158 cm³/mol. The highest BCUT2D eigenvalue weighted by atomic mass is 15.3. The Bertz CT molecular complexity index is 1710. The summed E-state index contributed by atoms with van der Waals surface area (Å²) < 4.78 is 0. The van der Waals surface area contributed by atoms with Gasteiger partial charge >= 0.3 is 0 Å². The Morgan fingerprint density at radius 2 is 1.42 bits per heavy atom. The topological polar surface area (TPSA) is 36.4 Å². The van der Waals surface area contributed by atoms with E-state index in [0.717, 1.165) is 23.4 Å². The first-order valence-corrected chi connectivity index (χ1v) is 13.3. The number of amidine groups is 1. The van der Waals surface area contributed by atoms with E-state index >= 15 is 0 Å². The maximum absolute atomic E-state index is 5.17. The van der Waals surface area contributed by atoms with Crippen LogP contribution in [0, 0.1) is 0 Å². The average molecular weight is 492 g/mol. The summed E-state index contributed by atoms with van der Waals surface area (Å²) >= 11 is 0. The highest BCUT2D eigenvalue weighted by molar-refractivity contribution is 6.03. The van der Waals surface area contributed by atoms with E-state index in [4.69, 9.17) is 4.99 Å². The molecule has 5 aromatic carbocycles. The number of benzene rings is 5. The normalized spacial score (nSPS) is 20.8. The van der Waals surface area contributed by atoms with Crippen LogP contribution in [0.2, 0.25) is 0 Å². The summed E-state index contributed by atoms with van der Waals surface area (Å²) in [5, 5.41) is 12.6. The molecule has 0 fully saturated rings. The van der Waals surface area contributed by atoms with Gasteiger partial charge in [-0.15, -0.1) is 0 Å². The van der Waals surface area contributed by atoms with E-state index in [1.54, 1.807) is 0 Å². The van der Waals surface area contributed by atoms with Crippen molar-refractivity contribution >= 4 is 27.4 Å². The molecule has 0 bridgehead atoms. The van der Waals surface area contributed by atoms with Crippen LogP contribution in [0.15, 0.2) is 138 Å². The molecule has 7 rings (SSSR count). The summed E-state index contributed by atoms with van der Waals surface area (Å²) in [5.41, 5.74) is 4.86. The van der Waals surface area contributed by atoms with Gasteiger partial charge in [0.15, 0.2) is 0 Å². The van der Waals surface area contributed by atoms with Crippen molar-refractivity contribution in [1.82, 2.24) is 10.6 Å². The molecule has 3 nitrogen and oxygen atoms in total. The van der Waals surface area contributed by atoms with Crippen LogP contribution in [-0.4, -0.2) is 5.84 Å². The molecule has 3 atom stereocenters. The predicted octanol–water partition coefficient (Wildman–Crippen LogP) is 7.93. The first-order valence-electron chi connectivity index (χ1n) is 13.3. The molecular formula is C35H29N3. The van der Waals surface area contributed by atoms with Gasteiger partial charge in [-0.05, 0) is 50.7 Å². The zero-order chi connectivity index (χ0) is 25.3. The molecular weight excluding hydrogens is 462 g/mol. The summed E-state index contributed by atoms with van der Waals surface area (Å²) in [5.74, 6) is 1.27. The van der Waals surface area contributed by atoms with Crippen LogP contribution in [0.5, 0.6) is 0 Å². The zero-order valence-electron chi connectivity index (χ0n) is 21.1. The maximum atomic E-state index is 5.17. The Hall–Kier alpha value is -4.47. The van der Waals surface area contributed by atoms with E-state index in [0.29, 0.717) is 5.92 Å². The van der Waals surface area contributed by atoms with E-state index in [9.17, 15) is 0 Å². The molecule has 0 saturated carbocycles. The molecule has 0 amide bonds. The number of nitrogens with one attached hydrogen (secondary N) is 2. The Balaban J connectivity index is 1.36. The summed E-state index contributed by atoms with van der Waals surface area (Å²) in [7, 11) is 0. The van der Waals surface area contributed by atoms with Gasteiger partial charge in [-0.1, -0.05) is 127 Å². The Kier molecular flexibility index (Phi) is 5.84. The molecule has 1 aliphatic carbocycles. The van der Waals surface area contributed by atoms with Crippen LogP contribution >= 0.6 is 0 Å². The smallest absolute Gasteiger partial charge is 0.131 e. The van der Waals surface area contributed by atoms with Crippen molar-refractivity contribution < 1.29 is 0 Å². The Morgan fingerprint density at radius 1 is 0.658 bits per heavy atom. The van der Waals surface area contributed by atoms with Crippen molar-refractivity contribution in [2.45, 2.75) is 24.7 Å². The fourth-order valence-electron chi connectivity index (χ4n) is 5.77. The average Bonchev–Trinajstić information content (AvgIpc) is 3.01. The second kappa shape index (κ2) is 9.77. The van der Waals surface area contributed by atoms with Gasteiger partial charge in [0.25, 0.3) is 0 Å². The van der Waals surface area contributed by atoms with Crippen molar-refractivity contribution in [2.24, 2.45) is 4.99 Å². The van der Waals surface area contributed by atoms with Crippen LogP contribution < -0.4 is 10.6 Å². The molecule has 0 spiro atoms.